The van der Waals surface area contributed by atoms with E-state index in [0.29, 0.717) is 78.7 Å². The van der Waals surface area contributed by atoms with Gasteiger partial charge in [-0.2, -0.15) is 4.31 Å². The molecule has 1 aromatic heterocycles. The van der Waals surface area contributed by atoms with Gasteiger partial charge in [0.1, 0.15) is 17.3 Å². The fourth-order valence-corrected chi connectivity index (χ4v) is 8.69. The lowest BCUT2D eigenvalue weighted by Gasteiger charge is -2.30. The lowest BCUT2D eigenvalue weighted by molar-refractivity contribution is 0.0988. The number of sulfonamides is 1. The van der Waals surface area contributed by atoms with E-state index >= 15 is 4.39 Å². The quantitative estimate of drug-likeness (QED) is 0.206. The number of anilines is 2. The van der Waals surface area contributed by atoms with Gasteiger partial charge < -0.3 is 19.3 Å². The Hall–Kier alpha value is -3.48. The van der Waals surface area contributed by atoms with Crippen LogP contribution >= 0.6 is 22.9 Å². The van der Waals surface area contributed by atoms with Crippen molar-refractivity contribution >= 4 is 50.2 Å². The number of rotatable bonds is 9. The molecule has 2 atom stereocenters. The van der Waals surface area contributed by atoms with Crippen LogP contribution in [0.1, 0.15) is 9.67 Å². The average Bonchev–Trinajstić information content (AvgIpc) is 3.43. The monoisotopic (exact) mass is 667 g/mol. The summed E-state index contributed by atoms with van der Waals surface area (Å²) in [5.74, 6) is 0.742. The number of morpholine rings is 1. The minimum atomic E-state index is -3.75. The summed E-state index contributed by atoms with van der Waals surface area (Å²) in [6, 6.07) is 21.9. The van der Waals surface area contributed by atoms with Crippen LogP contribution < -0.4 is 14.5 Å². The van der Waals surface area contributed by atoms with Gasteiger partial charge in [-0.05, 0) is 83.8 Å². The van der Waals surface area contributed by atoms with Gasteiger partial charge in [0, 0.05) is 49.5 Å². The van der Waals surface area contributed by atoms with E-state index in [4.69, 9.17) is 21.1 Å². The molecule has 7 rings (SSSR count). The van der Waals surface area contributed by atoms with Crippen LogP contribution in [0.3, 0.4) is 0 Å². The van der Waals surface area contributed by atoms with Gasteiger partial charge in [-0.3, -0.25) is 4.79 Å². The number of nitrogens with zero attached hydrogens (tertiary/aromatic N) is 3. The van der Waals surface area contributed by atoms with Crippen molar-refractivity contribution < 1.29 is 27.1 Å². The van der Waals surface area contributed by atoms with Crippen molar-refractivity contribution in [3.05, 3.63) is 100.0 Å². The molecule has 1 aliphatic carbocycles. The summed E-state index contributed by atoms with van der Waals surface area (Å²) in [4.78, 5) is 18.0. The lowest BCUT2D eigenvalue weighted by Crippen LogP contribution is -2.37. The molecular formula is C33H31ClFN3O5S2. The van der Waals surface area contributed by atoms with Crippen LogP contribution in [-0.4, -0.2) is 64.6 Å². The number of piperidine rings is 1. The van der Waals surface area contributed by atoms with E-state index in [-0.39, 0.29) is 34.4 Å². The number of halogens is 2. The first-order valence-electron chi connectivity index (χ1n) is 14.8. The van der Waals surface area contributed by atoms with Crippen LogP contribution in [0.25, 0.3) is 0 Å². The zero-order chi connectivity index (χ0) is 31.1. The third-order valence-electron chi connectivity index (χ3n) is 8.80. The standard InChI is InChI=1S/C33H31ClFN3O5S2/c34-22-6-9-24(10-7-22)43-25-3-1-4-26(18-25)45(40,41)37-19-27-28(20-37)29(27)21-38(33(39)32-5-2-16-44-32)23-8-11-31(30(35)17-23)36-12-14-42-15-13-36/h1-11,16-18,27-29H,12-15,19-21H2. The van der Waals surface area contributed by atoms with Crippen LogP contribution in [0.15, 0.2) is 89.1 Å². The lowest BCUT2D eigenvalue weighted by atomic mass is 10.2. The van der Waals surface area contributed by atoms with Gasteiger partial charge in [0.25, 0.3) is 5.91 Å². The zero-order valence-electron chi connectivity index (χ0n) is 24.2. The van der Waals surface area contributed by atoms with Gasteiger partial charge in [-0.25, -0.2) is 12.8 Å². The van der Waals surface area contributed by atoms with Gasteiger partial charge in [-0.15, -0.1) is 11.3 Å². The molecule has 0 bridgehead atoms. The maximum atomic E-state index is 15.4. The summed E-state index contributed by atoms with van der Waals surface area (Å²) >= 11 is 7.30. The zero-order valence-corrected chi connectivity index (χ0v) is 26.6. The van der Waals surface area contributed by atoms with Crippen LogP contribution in [0.4, 0.5) is 15.8 Å². The summed E-state index contributed by atoms with van der Waals surface area (Å²) in [6.45, 7) is 3.43. The van der Waals surface area contributed by atoms with E-state index in [0.717, 1.165) is 0 Å². The Morgan fingerprint density at radius 3 is 2.42 bits per heavy atom. The summed E-state index contributed by atoms with van der Waals surface area (Å²) < 4.78 is 55.4. The van der Waals surface area contributed by atoms with Crippen molar-refractivity contribution in [3.63, 3.8) is 0 Å². The Morgan fingerprint density at radius 1 is 0.978 bits per heavy atom. The number of ether oxygens (including phenoxy) is 2. The molecule has 2 unspecified atom stereocenters. The number of hydrogen-bond acceptors (Lipinski definition) is 7. The predicted molar refractivity (Wildman–Crippen MR) is 173 cm³/mol. The first-order chi connectivity index (χ1) is 21.8. The van der Waals surface area contributed by atoms with E-state index in [9.17, 15) is 13.2 Å². The molecule has 12 heteroatoms. The molecule has 8 nitrogen and oxygen atoms in total. The largest absolute Gasteiger partial charge is 0.457 e. The molecule has 3 heterocycles. The van der Waals surface area contributed by atoms with Crippen LogP contribution in [0.5, 0.6) is 11.5 Å². The Morgan fingerprint density at radius 2 is 1.73 bits per heavy atom. The van der Waals surface area contributed by atoms with E-state index < -0.39 is 10.0 Å². The van der Waals surface area contributed by atoms with Crippen molar-refractivity contribution in [1.82, 2.24) is 4.31 Å². The molecule has 3 aliphatic rings. The predicted octanol–water partition coefficient (Wildman–Crippen LogP) is 6.38. The number of hydrogen-bond donors (Lipinski definition) is 0. The molecule has 0 N–H and O–H groups in total. The molecule has 1 amide bonds. The number of thiophene rings is 1. The van der Waals surface area contributed by atoms with Crippen molar-refractivity contribution in [2.75, 3.05) is 55.7 Å². The van der Waals surface area contributed by atoms with E-state index in [1.807, 2.05) is 16.3 Å². The van der Waals surface area contributed by atoms with Crippen LogP contribution in [0.2, 0.25) is 5.02 Å². The average molecular weight is 668 g/mol. The molecule has 45 heavy (non-hydrogen) atoms. The molecule has 0 radical (unpaired) electrons. The topological polar surface area (TPSA) is 79.4 Å². The summed E-state index contributed by atoms with van der Waals surface area (Å²) in [5.41, 5.74) is 0.993. The normalized spacial score (nSPS) is 21.4. The second kappa shape index (κ2) is 12.4. The Labute approximate surface area is 270 Å². The van der Waals surface area contributed by atoms with E-state index in [1.165, 1.54) is 27.8 Å². The molecular weight excluding hydrogens is 637 g/mol. The first kappa shape index (κ1) is 30.2. The van der Waals surface area contributed by atoms with Crippen LogP contribution in [0, 0.1) is 23.6 Å². The SMILES string of the molecule is O=C(c1cccs1)N(CC1C2CN(S(=O)(=O)c3cccc(Oc4ccc(Cl)cc4)c3)CC12)c1ccc(N2CCOCC2)c(F)c1. The fraction of sp³-hybridized carbons (Fsp3) is 0.303. The second-order valence-electron chi connectivity index (χ2n) is 11.5. The minimum absolute atomic E-state index is 0.113. The van der Waals surface area contributed by atoms with Crippen molar-refractivity contribution in [2.24, 2.45) is 17.8 Å². The van der Waals surface area contributed by atoms with Crippen molar-refractivity contribution in [3.8, 4) is 11.5 Å². The van der Waals surface area contributed by atoms with Gasteiger partial charge >= 0.3 is 0 Å². The summed E-state index contributed by atoms with van der Waals surface area (Å²) in [6.07, 6.45) is 0. The molecule has 2 aliphatic heterocycles. The Balaban J connectivity index is 1.05. The van der Waals surface area contributed by atoms with Crippen LogP contribution in [-0.2, 0) is 14.8 Å². The number of benzene rings is 3. The van der Waals surface area contributed by atoms with E-state index in [1.54, 1.807) is 65.6 Å². The molecule has 3 aromatic carbocycles. The number of fused-ring (bicyclic) bond motifs is 1. The maximum Gasteiger partial charge on any atom is 0.268 e. The minimum Gasteiger partial charge on any atom is -0.457 e. The van der Waals surface area contributed by atoms with Crippen molar-refractivity contribution in [1.29, 1.82) is 0 Å². The third-order valence-corrected chi connectivity index (χ3v) is 11.7. The Bertz CT molecular complexity index is 1790. The van der Waals surface area contributed by atoms with Gasteiger partial charge in [-0.1, -0.05) is 23.7 Å². The smallest absolute Gasteiger partial charge is 0.268 e. The maximum absolute atomic E-state index is 15.4. The second-order valence-corrected chi connectivity index (χ2v) is 14.8. The highest BCUT2D eigenvalue weighted by Crippen LogP contribution is 2.53. The van der Waals surface area contributed by atoms with Gasteiger partial charge in [0.2, 0.25) is 10.0 Å². The molecule has 4 aromatic rings. The molecule has 234 valence electrons. The number of carbonyl (C=O) groups excluding carboxylic acids is 1. The molecule has 2 saturated heterocycles. The van der Waals surface area contributed by atoms with Gasteiger partial charge in [0.15, 0.2) is 0 Å². The Kier molecular flexibility index (Phi) is 8.30. The number of amides is 1. The highest BCUT2D eigenvalue weighted by atomic mass is 35.5. The third kappa shape index (κ3) is 6.19. The first-order valence-corrected chi connectivity index (χ1v) is 17.5. The van der Waals surface area contributed by atoms with Gasteiger partial charge in [0.05, 0.1) is 28.7 Å². The highest BCUT2D eigenvalue weighted by molar-refractivity contribution is 7.89. The molecule has 3 fully saturated rings. The fourth-order valence-electron chi connectivity index (χ4n) is 6.34. The molecule has 0 spiro atoms. The highest BCUT2D eigenvalue weighted by Gasteiger charge is 2.58. The summed E-state index contributed by atoms with van der Waals surface area (Å²) in [7, 11) is -3.75. The van der Waals surface area contributed by atoms with E-state index in [2.05, 4.69) is 0 Å². The van der Waals surface area contributed by atoms with Crippen molar-refractivity contribution in [2.45, 2.75) is 4.90 Å². The molecule has 1 saturated carbocycles. The summed E-state index contributed by atoms with van der Waals surface area (Å²) in [5, 5.41) is 2.43. The number of carbonyl (C=O) groups is 1.